The molecule has 0 aromatic rings. The maximum absolute atomic E-state index is 4.45. The summed E-state index contributed by atoms with van der Waals surface area (Å²) < 4.78 is 4.45. The van der Waals surface area contributed by atoms with Crippen LogP contribution in [0, 0.1) is 6.73 Å². The van der Waals surface area contributed by atoms with Crippen LogP contribution in [0.5, 0.6) is 0 Å². The molecular formula is C3H8NO. The van der Waals surface area contributed by atoms with Crippen molar-refractivity contribution in [3.8, 4) is 0 Å². The highest BCUT2D eigenvalue weighted by molar-refractivity contribution is 4.31. The van der Waals surface area contributed by atoms with Gasteiger partial charge in [-0.05, 0) is 7.05 Å². The Morgan fingerprint density at radius 2 is 2.40 bits per heavy atom. The maximum Gasteiger partial charge on any atom is 0.147 e. The van der Waals surface area contributed by atoms with Crippen LogP contribution in [-0.2, 0) is 4.74 Å². The third-order valence-corrected chi connectivity index (χ3v) is 0.236. The summed E-state index contributed by atoms with van der Waals surface area (Å²) in [6, 6.07) is 0. The molecule has 0 atom stereocenters. The van der Waals surface area contributed by atoms with Crippen LogP contribution < -0.4 is 5.32 Å². The van der Waals surface area contributed by atoms with Crippen LogP contribution >= 0.6 is 0 Å². The van der Waals surface area contributed by atoms with Crippen LogP contribution in [0.2, 0.25) is 0 Å². The largest absolute Gasteiger partial charge is 0.362 e. The first-order valence-corrected chi connectivity index (χ1v) is 1.43. The average molecular weight is 74.1 g/mol. The van der Waals surface area contributed by atoms with E-state index in [4.69, 9.17) is 0 Å². The topological polar surface area (TPSA) is 21.3 Å². The first-order chi connectivity index (χ1) is 2.41. The van der Waals surface area contributed by atoms with Gasteiger partial charge in [-0.2, -0.15) is 0 Å². The van der Waals surface area contributed by atoms with Crippen molar-refractivity contribution in [1.82, 2.24) is 5.32 Å². The van der Waals surface area contributed by atoms with Gasteiger partial charge in [-0.15, -0.1) is 0 Å². The molecule has 1 N–H and O–H groups in total. The van der Waals surface area contributed by atoms with E-state index in [-0.39, 0.29) is 0 Å². The van der Waals surface area contributed by atoms with Gasteiger partial charge in [0.05, 0.1) is 0 Å². The van der Waals surface area contributed by atoms with E-state index < -0.39 is 0 Å². The molecular weight excluding hydrogens is 66.0 g/mol. The molecule has 2 nitrogen and oxygen atoms in total. The van der Waals surface area contributed by atoms with Crippen LogP contribution in [0.3, 0.4) is 0 Å². The third kappa shape index (κ3) is 3.92. The van der Waals surface area contributed by atoms with E-state index in [1.807, 2.05) is 0 Å². The Balaban J connectivity index is 2.19. The summed E-state index contributed by atoms with van der Waals surface area (Å²) in [7, 11) is 3.38. The Morgan fingerprint density at radius 1 is 1.80 bits per heavy atom. The van der Waals surface area contributed by atoms with Gasteiger partial charge >= 0.3 is 0 Å². The number of rotatable bonds is 2. The van der Waals surface area contributed by atoms with Gasteiger partial charge in [0.2, 0.25) is 0 Å². The van der Waals surface area contributed by atoms with Crippen LogP contribution in [0.25, 0.3) is 0 Å². The molecule has 5 heavy (non-hydrogen) atoms. The Kier molecular flexibility index (Phi) is 3.86. The summed E-state index contributed by atoms with van der Waals surface area (Å²) in [6.07, 6.45) is 0. The van der Waals surface area contributed by atoms with Crippen molar-refractivity contribution in [1.29, 1.82) is 0 Å². The number of hydrogen-bond acceptors (Lipinski definition) is 2. The minimum Gasteiger partial charge on any atom is -0.362 e. The van der Waals surface area contributed by atoms with E-state index in [9.17, 15) is 0 Å². The van der Waals surface area contributed by atoms with Crippen molar-refractivity contribution in [2.45, 2.75) is 0 Å². The Labute approximate surface area is 32.1 Å². The van der Waals surface area contributed by atoms with E-state index in [1.165, 1.54) is 6.73 Å². The number of methoxy groups -OCH3 is 1. The van der Waals surface area contributed by atoms with Crippen LogP contribution in [-0.4, -0.2) is 14.2 Å². The third-order valence-electron chi connectivity index (χ3n) is 0.236. The molecule has 0 rings (SSSR count). The van der Waals surface area contributed by atoms with Crippen molar-refractivity contribution in [3.05, 3.63) is 6.73 Å². The van der Waals surface area contributed by atoms with E-state index >= 15 is 0 Å². The lowest BCUT2D eigenvalue weighted by atomic mass is 11.2. The van der Waals surface area contributed by atoms with Crippen LogP contribution in [0.4, 0.5) is 0 Å². The predicted molar refractivity (Wildman–Crippen MR) is 20.4 cm³/mol. The summed E-state index contributed by atoms with van der Waals surface area (Å²) in [5, 5.41) is 2.67. The van der Waals surface area contributed by atoms with Gasteiger partial charge < -0.3 is 4.74 Å². The summed E-state index contributed by atoms with van der Waals surface area (Å²) in [4.78, 5) is 0. The molecule has 0 unspecified atom stereocenters. The standard InChI is InChI=1S/C3H8NO/c1-4-3-5-2/h3-4H,1-2H3. The molecule has 0 heterocycles. The molecule has 0 saturated carbocycles. The van der Waals surface area contributed by atoms with Crippen molar-refractivity contribution in [2.24, 2.45) is 0 Å². The number of ether oxygens (including phenoxy) is 1. The molecule has 0 spiro atoms. The van der Waals surface area contributed by atoms with Crippen molar-refractivity contribution >= 4 is 0 Å². The highest BCUT2D eigenvalue weighted by Crippen LogP contribution is 1.58. The zero-order valence-corrected chi connectivity index (χ0v) is 3.49. The molecule has 0 amide bonds. The minimum absolute atomic E-state index is 1.50. The quantitative estimate of drug-likeness (QED) is 0.496. The van der Waals surface area contributed by atoms with Gasteiger partial charge in [0.15, 0.2) is 0 Å². The summed E-state index contributed by atoms with van der Waals surface area (Å²) >= 11 is 0. The Bertz CT molecular complexity index is 14.4. The van der Waals surface area contributed by atoms with Gasteiger partial charge in [0.25, 0.3) is 0 Å². The molecule has 1 radical (unpaired) electrons. The summed E-state index contributed by atoms with van der Waals surface area (Å²) in [5.41, 5.74) is 0. The normalized spacial score (nSPS) is 8.40. The predicted octanol–water partition coefficient (Wildman–Crippen LogP) is -0.0285. The molecule has 31 valence electrons. The molecule has 0 saturated heterocycles. The SMILES string of the molecule is CN[CH]OC. The van der Waals surface area contributed by atoms with Gasteiger partial charge in [-0.25, -0.2) is 0 Å². The molecule has 2 heteroatoms. The first kappa shape index (κ1) is 4.92. The highest BCUT2D eigenvalue weighted by Gasteiger charge is 1.64. The van der Waals surface area contributed by atoms with Gasteiger partial charge in [0.1, 0.15) is 6.73 Å². The van der Waals surface area contributed by atoms with Gasteiger partial charge in [-0.1, -0.05) is 0 Å². The second-order valence-corrected chi connectivity index (χ2v) is 0.642. The zero-order valence-electron chi connectivity index (χ0n) is 3.49. The minimum atomic E-state index is 1.50. The van der Waals surface area contributed by atoms with Crippen LogP contribution in [0.15, 0.2) is 0 Å². The number of nitrogens with one attached hydrogen (secondary N) is 1. The van der Waals surface area contributed by atoms with E-state index in [0.29, 0.717) is 0 Å². The molecule has 0 bridgehead atoms. The van der Waals surface area contributed by atoms with Crippen molar-refractivity contribution < 1.29 is 4.74 Å². The zero-order chi connectivity index (χ0) is 4.12. The first-order valence-electron chi connectivity index (χ1n) is 1.43. The second-order valence-electron chi connectivity index (χ2n) is 0.642. The highest BCUT2D eigenvalue weighted by atomic mass is 16.5. The van der Waals surface area contributed by atoms with E-state index in [2.05, 4.69) is 10.1 Å². The molecule has 0 fully saturated rings. The molecule has 0 aliphatic rings. The Morgan fingerprint density at radius 3 is 2.40 bits per heavy atom. The van der Waals surface area contributed by atoms with E-state index in [0.717, 1.165) is 0 Å². The molecule has 0 aromatic heterocycles. The second kappa shape index (κ2) is 3.92. The lowest BCUT2D eigenvalue weighted by Crippen LogP contribution is -2.00. The fraction of sp³-hybridized carbons (Fsp3) is 0.667. The smallest absolute Gasteiger partial charge is 0.147 e. The van der Waals surface area contributed by atoms with Gasteiger partial charge in [-0.3, -0.25) is 5.32 Å². The lowest BCUT2D eigenvalue weighted by molar-refractivity contribution is 0.256. The summed E-state index contributed by atoms with van der Waals surface area (Å²) in [6.45, 7) is 1.50. The monoisotopic (exact) mass is 74.1 g/mol. The van der Waals surface area contributed by atoms with E-state index in [1.54, 1.807) is 14.2 Å². The van der Waals surface area contributed by atoms with Crippen LogP contribution in [0.1, 0.15) is 0 Å². The van der Waals surface area contributed by atoms with Crippen molar-refractivity contribution in [2.75, 3.05) is 14.2 Å². The fourth-order valence-corrected chi connectivity index (χ4v) is 0.118. The van der Waals surface area contributed by atoms with Gasteiger partial charge in [0, 0.05) is 7.11 Å². The van der Waals surface area contributed by atoms with Crippen molar-refractivity contribution in [3.63, 3.8) is 0 Å². The molecule has 0 aliphatic heterocycles. The maximum atomic E-state index is 4.45. The summed E-state index contributed by atoms with van der Waals surface area (Å²) in [5.74, 6) is 0. The Hall–Kier alpha value is -0.0800. The molecule has 0 aromatic carbocycles. The lowest BCUT2D eigenvalue weighted by Gasteiger charge is -1.86. The number of hydrogen-bond donors (Lipinski definition) is 1. The fourth-order valence-electron chi connectivity index (χ4n) is 0.118. The molecule has 0 aliphatic carbocycles. The average Bonchev–Trinajstić information content (AvgIpc) is 1.41.